The molecule has 0 bridgehead atoms. The van der Waals surface area contributed by atoms with E-state index in [1.807, 2.05) is 6.92 Å². The number of nitrogens with one attached hydrogen (secondary N) is 1. The van der Waals surface area contributed by atoms with Crippen molar-refractivity contribution in [3.63, 3.8) is 0 Å². The molecule has 0 unspecified atom stereocenters. The smallest absolute Gasteiger partial charge is 0.320 e. The molecule has 1 aromatic rings. The maximum absolute atomic E-state index is 11.9. The minimum atomic E-state index is -0.328. The fraction of sp³-hybridized carbons (Fsp3) is 0.615. The van der Waals surface area contributed by atoms with Crippen molar-refractivity contribution in [2.45, 2.75) is 27.2 Å². The largest absolute Gasteiger partial charge is 0.465 e. The van der Waals surface area contributed by atoms with Crippen LogP contribution in [0.3, 0.4) is 0 Å². The van der Waals surface area contributed by atoms with Gasteiger partial charge < -0.3 is 14.6 Å². The van der Waals surface area contributed by atoms with Crippen LogP contribution in [-0.2, 0) is 14.3 Å². The van der Waals surface area contributed by atoms with E-state index in [4.69, 9.17) is 9.26 Å². The van der Waals surface area contributed by atoms with Crippen molar-refractivity contribution in [1.82, 2.24) is 10.1 Å². The first-order chi connectivity index (χ1) is 9.55. The Kier molecular flexibility index (Phi) is 6.72. The molecule has 7 heteroatoms. The van der Waals surface area contributed by atoms with Gasteiger partial charge in [-0.05, 0) is 26.8 Å². The lowest BCUT2D eigenvalue weighted by Crippen LogP contribution is -2.38. The third-order valence-corrected chi connectivity index (χ3v) is 2.46. The molecule has 1 rings (SSSR count). The van der Waals surface area contributed by atoms with Gasteiger partial charge >= 0.3 is 5.97 Å². The number of aromatic nitrogens is 1. The molecule has 1 amide bonds. The van der Waals surface area contributed by atoms with Gasteiger partial charge in [-0.2, -0.15) is 0 Å². The quantitative estimate of drug-likeness (QED) is 0.722. The molecule has 20 heavy (non-hydrogen) atoms. The number of carbonyl (C=O) groups is 2. The molecule has 0 saturated carbocycles. The molecule has 7 nitrogen and oxygen atoms in total. The lowest BCUT2D eigenvalue weighted by molar-refractivity contribution is -0.144. The van der Waals surface area contributed by atoms with Crippen molar-refractivity contribution in [2.75, 3.05) is 31.6 Å². The zero-order valence-electron chi connectivity index (χ0n) is 12.1. The van der Waals surface area contributed by atoms with Crippen molar-refractivity contribution in [3.05, 3.63) is 11.8 Å². The van der Waals surface area contributed by atoms with Crippen LogP contribution < -0.4 is 5.32 Å². The first-order valence-corrected chi connectivity index (χ1v) is 6.66. The van der Waals surface area contributed by atoms with Crippen molar-refractivity contribution in [3.8, 4) is 0 Å². The lowest BCUT2D eigenvalue weighted by Gasteiger charge is -2.19. The zero-order chi connectivity index (χ0) is 15.0. The number of rotatable bonds is 8. The summed E-state index contributed by atoms with van der Waals surface area (Å²) >= 11 is 0. The Balaban J connectivity index is 2.47. The van der Waals surface area contributed by atoms with Gasteiger partial charge in [0.05, 0.1) is 19.7 Å². The monoisotopic (exact) mass is 283 g/mol. The van der Waals surface area contributed by atoms with Gasteiger partial charge in [0.25, 0.3) is 0 Å². The molecular formula is C13H21N3O4. The second kappa shape index (κ2) is 8.31. The molecule has 112 valence electrons. The summed E-state index contributed by atoms with van der Waals surface area (Å²) < 4.78 is 9.74. The fourth-order valence-corrected chi connectivity index (χ4v) is 1.73. The molecule has 1 N–H and O–H groups in total. The van der Waals surface area contributed by atoms with E-state index in [2.05, 4.69) is 10.5 Å². The first-order valence-electron chi connectivity index (χ1n) is 6.66. The van der Waals surface area contributed by atoms with Gasteiger partial charge in [0.1, 0.15) is 5.76 Å². The highest BCUT2D eigenvalue weighted by Crippen LogP contribution is 2.07. The Hall–Kier alpha value is -1.89. The molecule has 0 atom stereocenters. The van der Waals surface area contributed by atoms with E-state index in [9.17, 15) is 9.59 Å². The SMILES string of the molecule is CCCN(CC(=O)Nc1cc(C)on1)CC(=O)OCC. The van der Waals surface area contributed by atoms with Gasteiger partial charge in [-0.25, -0.2) is 0 Å². The average molecular weight is 283 g/mol. The van der Waals surface area contributed by atoms with Gasteiger partial charge in [-0.15, -0.1) is 0 Å². The van der Waals surface area contributed by atoms with Crippen LogP contribution >= 0.6 is 0 Å². The van der Waals surface area contributed by atoms with Gasteiger partial charge in [-0.1, -0.05) is 12.1 Å². The van der Waals surface area contributed by atoms with E-state index >= 15 is 0 Å². The van der Waals surface area contributed by atoms with Gasteiger partial charge in [-0.3, -0.25) is 14.5 Å². The zero-order valence-corrected chi connectivity index (χ0v) is 12.1. The maximum atomic E-state index is 11.9. The molecule has 0 fully saturated rings. The predicted molar refractivity (Wildman–Crippen MR) is 73.2 cm³/mol. The van der Waals surface area contributed by atoms with Gasteiger partial charge in [0.2, 0.25) is 5.91 Å². The second-order valence-electron chi connectivity index (χ2n) is 4.39. The highest BCUT2D eigenvalue weighted by atomic mass is 16.5. The summed E-state index contributed by atoms with van der Waals surface area (Å²) in [5.41, 5.74) is 0. The number of aryl methyl sites for hydroxylation is 1. The third-order valence-electron chi connectivity index (χ3n) is 2.46. The van der Waals surface area contributed by atoms with E-state index in [1.165, 1.54) is 0 Å². The summed E-state index contributed by atoms with van der Waals surface area (Å²) in [6, 6.07) is 1.63. The summed E-state index contributed by atoms with van der Waals surface area (Å²) in [7, 11) is 0. The van der Waals surface area contributed by atoms with Crippen LogP contribution in [0.1, 0.15) is 26.0 Å². The van der Waals surface area contributed by atoms with Crippen LogP contribution in [-0.4, -0.2) is 48.2 Å². The maximum Gasteiger partial charge on any atom is 0.320 e. The van der Waals surface area contributed by atoms with Gasteiger partial charge in [0.15, 0.2) is 5.82 Å². The van der Waals surface area contributed by atoms with E-state index < -0.39 is 0 Å². The van der Waals surface area contributed by atoms with E-state index in [0.29, 0.717) is 24.7 Å². The normalized spacial score (nSPS) is 10.6. The number of ether oxygens (including phenoxy) is 1. The van der Waals surface area contributed by atoms with Crippen LogP contribution in [0.2, 0.25) is 0 Å². The number of anilines is 1. The number of hydrogen-bond donors (Lipinski definition) is 1. The Morgan fingerprint density at radius 2 is 2.15 bits per heavy atom. The number of esters is 1. The number of nitrogens with zero attached hydrogens (tertiary/aromatic N) is 2. The Morgan fingerprint density at radius 1 is 1.40 bits per heavy atom. The molecule has 0 aliphatic carbocycles. The van der Waals surface area contributed by atoms with Crippen LogP contribution in [0.25, 0.3) is 0 Å². The molecular weight excluding hydrogens is 262 g/mol. The minimum Gasteiger partial charge on any atom is -0.465 e. The fourth-order valence-electron chi connectivity index (χ4n) is 1.73. The summed E-state index contributed by atoms with van der Waals surface area (Å²) in [6.45, 7) is 6.67. The molecule has 0 aromatic carbocycles. The van der Waals surface area contributed by atoms with E-state index in [1.54, 1.807) is 24.8 Å². The predicted octanol–water partition coefficient (Wildman–Crippen LogP) is 1.20. The van der Waals surface area contributed by atoms with Crippen molar-refractivity contribution < 1.29 is 18.8 Å². The van der Waals surface area contributed by atoms with Crippen LogP contribution in [0, 0.1) is 6.92 Å². The average Bonchev–Trinajstić information content (AvgIpc) is 2.75. The molecule has 0 saturated heterocycles. The highest BCUT2D eigenvalue weighted by molar-refractivity contribution is 5.91. The van der Waals surface area contributed by atoms with Crippen molar-refractivity contribution in [2.24, 2.45) is 0 Å². The van der Waals surface area contributed by atoms with Crippen LogP contribution in [0.5, 0.6) is 0 Å². The third kappa shape index (κ3) is 5.83. The standard InChI is InChI=1S/C13H21N3O4/c1-4-6-16(9-13(18)19-5-2)8-12(17)14-11-7-10(3)20-15-11/h7H,4-6,8-9H2,1-3H3,(H,14,15,17). The van der Waals surface area contributed by atoms with Crippen LogP contribution in [0.15, 0.2) is 10.6 Å². The molecule has 0 aliphatic heterocycles. The molecule has 0 spiro atoms. The topological polar surface area (TPSA) is 84.7 Å². The molecule has 1 heterocycles. The minimum absolute atomic E-state index is 0.104. The second-order valence-corrected chi connectivity index (χ2v) is 4.39. The number of hydrogen-bond acceptors (Lipinski definition) is 6. The Morgan fingerprint density at radius 3 is 2.70 bits per heavy atom. The number of amides is 1. The highest BCUT2D eigenvalue weighted by Gasteiger charge is 2.15. The van der Waals surface area contributed by atoms with Crippen molar-refractivity contribution in [1.29, 1.82) is 0 Å². The van der Waals surface area contributed by atoms with Crippen LogP contribution in [0.4, 0.5) is 5.82 Å². The summed E-state index contributed by atoms with van der Waals surface area (Å²) in [5.74, 6) is 0.430. The van der Waals surface area contributed by atoms with Crippen molar-refractivity contribution >= 4 is 17.7 Å². The van der Waals surface area contributed by atoms with Gasteiger partial charge in [0, 0.05) is 6.07 Å². The molecule has 0 aliphatic rings. The molecule has 0 radical (unpaired) electrons. The number of carbonyl (C=O) groups excluding carboxylic acids is 2. The van der Waals surface area contributed by atoms with E-state index in [0.717, 1.165) is 6.42 Å². The summed E-state index contributed by atoms with van der Waals surface area (Å²) in [6.07, 6.45) is 0.843. The Bertz CT molecular complexity index is 445. The first kappa shape index (κ1) is 16.2. The summed E-state index contributed by atoms with van der Waals surface area (Å²) in [5, 5.41) is 6.30. The van der Waals surface area contributed by atoms with E-state index in [-0.39, 0.29) is 25.0 Å². The summed E-state index contributed by atoms with van der Waals surface area (Å²) in [4.78, 5) is 25.0. The molecule has 1 aromatic heterocycles. The Labute approximate surface area is 118 Å². The lowest BCUT2D eigenvalue weighted by atomic mass is 10.3.